The van der Waals surface area contributed by atoms with Crippen LogP contribution in [-0.4, -0.2) is 35.3 Å². The second-order valence-corrected chi connectivity index (χ2v) is 7.08. The second-order valence-electron chi connectivity index (χ2n) is 7.08. The van der Waals surface area contributed by atoms with Gasteiger partial charge in [0.15, 0.2) is 0 Å². The van der Waals surface area contributed by atoms with Gasteiger partial charge in [0.1, 0.15) is 17.5 Å². The van der Waals surface area contributed by atoms with Crippen LogP contribution in [0.15, 0.2) is 54.7 Å². The third-order valence-corrected chi connectivity index (χ3v) is 4.60. The van der Waals surface area contributed by atoms with Crippen LogP contribution < -0.4 is 5.32 Å². The minimum atomic E-state index is -0.600. The van der Waals surface area contributed by atoms with Gasteiger partial charge in [-0.15, -0.1) is 0 Å². The van der Waals surface area contributed by atoms with Crippen molar-refractivity contribution in [3.05, 3.63) is 83.1 Å². The molecule has 0 aliphatic carbocycles. The highest BCUT2D eigenvalue weighted by Gasteiger charge is 2.18. The fraction of sp³-hybridized carbons (Fsp3) is 0.174. The van der Waals surface area contributed by atoms with E-state index in [0.29, 0.717) is 16.9 Å². The van der Waals surface area contributed by atoms with E-state index < -0.39 is 23.4 Å². The molecule has 1 aromatic heterocycles. The maximum absolute atomic E-state index is 14.7. The number of anilines is 1. The molecule has 1 heterocycles. The monoisotopic (exact) mass is 409 g/mol. The Morgan fingerprint density at radius 3 is 2.37 bits per heavy atom. The highest BCUT2D eigenvalue weighted by molar-refractivity contribution is 5.99. The third kappa shape index (κ3) is 4.86. The molecule has 30 heavy (non-hydrogen) atoms. The summed E-state index contributed by atoms with van der Waals surface area (Å²) in [5, 5.41) is 2.61. The first kappa shape index (κ1) is 21.1. The molecule has 0 fully saturated rings. The number of nitrogens with zero attached hydrogens (tertiary/aromatic N) is 2. The molecule has 2 aromatic carbocycles. The van der Waals surface area contributed by atoms with Crippen LogP contribution in [0.1, 0.15) is 21.5 Å². The minimum Gasteiger partial charge on any atom is -0.332 e. The summed E-state index contributed by atoms with van der Waals surface area (Å²) in [5.74, 6) is -1.53. The molecule has 3 aromatic rings. The van der Waals surface area contributed by atoms with Gasteiger partial charge in [0.2, 0.25) is 5.91 Å². The van der Waals surface area contributed by atoms with Gasteiger partial charge in [-0.2, -0.15) is 0 Å². The summed E-state index contributed by atoms with van der Waals surface area (Å²) in [4.78, 5) is 30.0. The smallest absolute Gasteiger partial charge is 0.254 e. The molecule has 0 saturated heterocycles. The zero-order chi connectivity index (χ0) is 21.8. The van der Waals surface area contributed by atoms with E-state index in [2.05, 4.69) is 10.3 Å². The second kappa shape index (κ2) is 8.82. The number of aryl methyl sites for hydroxylation is 2. The van der Waals surface area contributed by atoms with Crippen molar-refractivity contribution < 1.29 is 18.4 Å². The molecule has 154 valence electrons. The van der Waals surface area contributed by atoms with Crippen molar-refractivity contribution in [2.45, 2.75) is 13.8 Å². The van der Waals surface area contributed by atoms with Crippen molar-refractivity contribution in [3.63, 3.8) is 0 Å². The normalized spacial score (nSPS) is 10.6. The number of pyridine rings is 1. The van der Waals surface area contributed by atoms with Gasteiger partial charge in [-0.05, 0) is 60.9 Å². The van der Waals surface area contributed by atoms with Crippen molar-refractivity contribution in [1.29, 1.82) is 0 Å². The number of carbonyl (C=O) groups is 2. The Morgan fingerprint density at radius 1 is 1.00 bits per heavy atom. The van der Waals surface area contributed by atoms with Crippen molar-refractivity contribution in [3.8, 4) is 11.1 Å². The number of aromatic nitrogens is 1. The number of benzene rings is 2. The molecule has 5 nitrogen and oxygen atoms in total. The van der Waals surface area contributed by atoms with E-state index >= 15 is 0 Å². The molecule has 0 saturated carbocycles. The molecule has 0 bridgehead atoms. The van der Waals surface area contributed by atoms with Crippen LogP contribution in [0.3, 0.4) is 0 Å². The van der Waals surface area contributed by atoms with Gasteiger partial charge in [0, 0.05) is 24.4 Å². The zero-order valence-electron chi connectivity index (χ0n) is 16.9. The molecule has 0 radical (unpaired) electrons. The number of hydrogen-bond donors (Lipinski definition) is 1. The topological polar surface area (TPSA) is 62.3 Å². The van der Waals surface area contributed by atoms with Crippen LogP contribution in [0.2, 0.25) is 0 Å². The molecule has 0 aliphatic heterocycles. The predicted octanol–water partition coefficient (Wildman–Crippen LogP) is 4.35. The first-order valence-electron chi connectivity index (χ1n) is 9.28. The lowest BCUT2D eigenvalue weighted by Crippen LogP contribution is -2.35. The summed E-state index contributed by atoms with van der Waals surface area (Å²) >= 11 is 0. The quantitative estimate of drug-likeness (QED) is 0.681. The first-order chi connectivity index (χ1) is 14.2. The Morgan fingerprint density at radius 2 is 1.73 bits per heavy atom. The molecule has 3 rings (SSSR count). The van der Waals surface area contributed by atoms with E-state index in [9.17, 15) is 18.4 Å². The van der Waals surface area contributed by atoms with Gasteiger partial charge in [0.05, 0.1) is 6.54 Å². The van der Waals surface area contributed by atoms with Crippen LogP contribution in [0, 0.1) is 25.5 Å². The van der Waals surface area contributed by atoms with Crippen LogP contribution >= 0.6 is 0 Å². The van der Waals surface area contributed by atoms with E-state index in [1.54, 1.807) is 19.2 Å². The Balaban J connectivity index is 1.70. The van der Waals surface area contributed by atoms with E-state index in [-0.39, 0.29) is 17.7 Å². The van der Waals surface area contributed by atoms with Crippen LogP contribution in [0.4, 0.5) is 14.6 Å². The molecule has 1 N–H and O–H groups in total. The zero-order valence-corrected chi connectivity index (χ0v) is 16.9. The van der Waals surface area contributed by atoms with E-state index in [4.69, 9.17) is 0 Å². The summed E-state index contributed by atoms with van der Waals surface area (Å²) in [6, 6.07) is 11.6. The minimum absolute atomic E-state index is 0.111. The average Bonchev–Trinajstić information content (AvgIpc) is 2.69. The van der Waals surface area contributed by atoms with Gasteiger partial charge >= 0.3 is 0 Å². The van der Waals surface area contributed by atoms with Crippen molar-refractivity contribution in [2.75, 3.05) is 18.9 Å². The summed E-state index contributed by atoms with van der Waals surface area (Å²) in [6.45, 7) is 3.36. The predicted molar refractivity (Wildman–Crippen MR) is 111 cm³/mol. The van der Waals surface area contributed by atoms with Gasteiger partial charge < -0.3 is 10.2 Å². The Hall–Kier alpha value is -3.61. The van der Waals surface area contributed by atoms with Crippen LogP contribution in [0.5, 0.6) is 0 Å². The van der Waals surface area contributed by atoms with Crippen LogP contribution in [0.25, 0.3) is 11.1 Å². The largest absolute Gasteiger partial charge is 0.332 e. The number of hydrogen-bond acceptors (Lipinski definition) is 3. The van der Waals surface area contributed by atoms with E-state index in [0.717, 1.165) is 11.6 Å². The standard InChI is InChI=1S/C23H21F2N3O2/c1-14-4-9-21(26-12-14)27-22(29)13-28(3)23(30)16-5-7-19(20(25)11-16)18-8-6-17(24)10-15(18)2/h4-12H,13H2,1-3H3,(H,26,27,29). The van der Waals surface area contributed by atoms with Crippen LogP contribution in [-0.2, 0) is 4.79 Å². The lowest BCUT2D eigenvalue weighted by molar-refractivity contribution is -0.116. The lowest BCUT2D eigenvalue weighted by atomic mass is 9.98. The van der Waals surface area contributed by atoms with Gasteiger partial charge in [0.25, 0.3) is 5.91 Å². The maximum atomic E-state index is 14.7. The number of rotatable bonds is 5. The van der Waals surface area contributed by atoms with Crippen molar-refractivity contribution in [2.24, 2.45) is 0 Å². The van der Waals surface area contributed by atoms with E-state index in [1.807, 2.05) is 13.0 Å². The summed E-state index contributed by atoms with van der Waals surface area (Å²) in [7, 11) is 1.46. The van der Waals surface area contributed by atoms with Gasteiger partial charge in [-0.1, -0.05) is 18.2 Å². The summed E-state index contributed by atoms with van der Waals surface area (Å²) < 4.78 is 28.0. The fourth-order valence-electron chi connectivity index (χ4n) is 3.03. The highest BCUT2D eigenvalue weighted by Crippen LogP contribution is 2.27. The van der Waals surface area contributed by atoms with E-state index in [1.165, 1.54) is 42.3 Å². The van der Waals surface area contributed by atoms with Gasteiger partial charge in [-0.3, -0.25) is 9.59 Å². The Labute approximate surface area is 173 Å². The summed E-state index contributed by atoms with van der Waals surface area (Å²) in [5.41, 5.74) is 2.48. The number of halogens is 2. The number of amides is 2. The fourth-order valence-corrected chi connectivity index (χ4v) is 3.03. The SMILES string of the molecule is Cc1ccc(NC(=O)CN(C)C(=O)c2ccc(-c3ccc(F)cc3C)c(F)c2)nc1. The number of nitrogens with one attached hydrogen (secondary N) is 1. The maximum Gasteiger partial charge on any atom is 0.254 e. The Kier molecular flexibility index (Phi) is 6.20. The summed E-state index contributed by atoms with van der Waals surface area (Å²) in [6.07, 6.45) is 1.62. The number of likely N-dealkylation sites (N-methyl/N-ethyl adjacent to an activating group) is 1. The average molecular weight is 409 g/mol. The molecule has 2 amide bonds. The number of carbonyl (C=O) groups excluding carboxylic acids is 2. The van der Waals surface area contributed by atoms with Gasteiger partial charge in [-0.25, -0.2) is 13.8 Å². The lowest BCUT2D eigenvalue weighted by Gasteiger charge is -2.17. The Bertz CT molecular complexity index is 1100. The molecular formula is C23H21F2N3O2. The molecular weight excluding hydrogens is 388 g/mol. The first-order valence-corrected chi connectivity index (χ1v) is 9.28. The van der Waals surface area contributed by atoms with Crippen molar-refractivity contribution in [1.82, 2.24) is 9.88 Å². The molecule has 0 aliphatic rings. The highest BCUT2D eigenvalue weighted by atomic mass is 19.1. The third-order valence-electron chi connectivity index (χ3n) is 4.60. The van der Waals surface area contributed by atoms with Crippen molar-refractivity contribution >= 4 is 17.6 Å². The molecule has 0 atom stereocenters. The molecule has 0 spiro atoms. The molecule has 7 heteroatoms. The molecule has 0 unspecified atom stereocenters.